The number of sulfone groups is 1. The Morgan fingerprint density at radius 3 is 2.70 bits per heavy atom. The van der Waals surface area contributed by atoms with Gasteiger partial charge in [-0.15, -0.1) is 5.10 Å². The monoisotopic (exact) mass is 443 g/mol. The molecule has 0 fully saturated rings. The molecule has 3 heterocycles. The Labute approximate surface area is 177 Å². The third kappa shape index (κ3) is 3.46. The molecule has 8 nitrogen and oxygen atoms in total. The highest BCUT2D eigenvalue weighted by atomic mass is 32.2. The fourth-order valence-electron chi connectivity index (χ4n) is 3.36. The smallest absolute Gasteiger partial charge is 0.283 e. The Balaban J connectivity index is 1.88. The van der Waals surface area contributed by atoms with Crippen LogP contribution in [0.15, 0.2) is 32.3 Å². The number of hydrogen-bond donors (Lipinski definition) is 1. The van der Waals surface area contributed by atoms with E-state index >= 15 is 0 Å². The van der Waals surface area contributed by atoms with Crippen LogP contribution in [0.1, 0.15) is 37.5 Å². The van der Waals surface area contributed by atoms with Gasteiger partial charge in [0.25, 0.3) is 5.56 Å². The number of benzene rings is 1. The van der Waals surface area contributed by atoms with Gasteiger partial charge in [0.05, 0.1) is 17.0 Å². The minimum Gasteiger partial charge on any atom is -0.383 e. The van der Waals surface area contributed by atoms with Gasteiger partial charge in [0.2, 0.25) is 19.1 Å². The van der Waals surface area contributed by atoms with Gasteiger partial charge in [-0.1, -0.05) is 36.8 Å². The van der Waals surface area contributed by atoms with Gasteiger partial charge in [-0.05, 0) is 38.0 Å². The zero-order valence-corrected chi connectivity index (χ0v) is 18.6. The maximum atomic E-state index is 12.7. The van der Waals surface area contributed by atoms with E-state index < -0.39 is 15.4 Å². The average molecular weight is 444 g/mol. The van der Waals surface area contributed by atoms with Gasteiger partial charge in [0.1, 0.15) is 5.82 Å². The van der Waals surface area contributed by atoms with Crippen LogP contribution >= 0.6 is 11.3 Å². The molecule has 3 aromatic rings. The lowest BCUT2D eigenvalue weighted by atomic mass is 9.99. The molecular formula is C20H21N5O3S2. The summed E-state index contributed by atoms with van der Waals surface area (Å²) in [5.74, 6) is -0.0466. The highest BCUT2D eigenvalue weighted by Gasteiger charge is 2.24. The summed E-state index contributed by atoms with van der Waals surface area (Å²) in [6, 6.07) is 5.91. The van der Waals surface area contributed by atoms with E-state index in [0.717, 1.165) is 39.4 Å². The molecule has 0 bridgehead atoms. The lowest BCUT2D eigenvalue weighted by molar-refractivity contribution is 0.579. The molecule has 0 saturated heterocycles. The van der Waals surface area contributed by atoms with Gasteiger partial charge in [0, 0.05) is 16.8 Å². The summed E-state index contributed by atoms with van der Waals surface area (Å²) in [6.07, 6.45) is 1.66. The molecule has 2 N–H and O–H groups in total. The van der Waals surface area contributed by atoms with E-state index in [4.69, 9.17) is 5.73 Å². The minimum absolute atomic E-state index is 0.0414. The van der Waals surface area contributed by atoms with Gasteiger partial charge in [-0.2, -0.15) is 9.50 Å². The normalized spacial score (nSPS) is 15.2. The van der Waals surface area contributed by atoms with Crippen molar-refractivity contribution in [2.24, 2.45) is 10.9 Å². The van der Waals surface area contributed by atoms with Crippen molar-refractivity contribution in [2.75, 3.05) is 11.5 Å². The fraction of sp³-hybridized carbons (Fsp3) is 0.300. The molecule has 0 atom stereocenters. The van der Waals surface area contributed by atoms with E-state index in [2.05, 4.69) is 15.1 Å². The van der Waals surface area contributed by atoms with Crippen molar-refractivity contribution >= 4 is 55.0 Å². The van der Waals surface area contributed by atoms with E-state index in [-0.39, 0.29) is 32.4 Å². The maximum Gasteiger partial charge on any atom is 0.283 e. The van der Waals surface area contributed by atoms with Gasteiger partial charge in [0.15, 0.2) is 0 Å². The van der Waals surface area contributed by atoms with Gasteiger partial charge >= 0.3 is 0 Å². The third-order valence-electron chi connectivity index (χ3n) is 4.70. The highest BCUT2D eigenvalue weighted by molar-refractivity contribution is 7.93. The predicted octanol–water partition coefficient (Wildman–Crippen LogP) is 3.12. The molecule has 1 aromatic carbocycles. The summed E-state index contributed by atoms with van der Waals surface area (Å²) in [7, 11) is -3.59. The van der Waals surface area contributed by atoms with Crippen LogP contribution in [0.3, 0.4) is 0 Å². The van der Waals surface area contributed by atoms with Crippen molar-refractivity contribution < 1.29 is 8.42 Å². The molecule has 4 rings (SSSR count). The van der Waals surface area contributed by atoms with Crippen LogP contribution in [-0.4, -0.2) is 34.5 Å². The number of hydrogen-bond acceptors (Lipinski definition) is 8. The first-order chi connectivity index (χ1) is 14.1. The fourth-order valence-corrected chi connectivity index (χ4v) is 6.16. The van der Waals surface area contributed by atoms with E-state index in [1.165, 1.54) is 4.52 Å². The van der Waals surface area contributed by atoms with Crippen LogP contribution in [0.4, 0.5) is 11.5 Å². The molecule has 2 aromatic heterocycles. The second-order valence-electron chi connectivity index (χ2n) is 7.73. The molecule has 0 aliphatic carbocycles. The quantitative estimate of drug-likeness (QED) is 0.661. The zero-order chi connectivity index (χ0) is 21.8. The van der Waals surface area contributed by atoms with Crippen LogP contribution in [0.2, 0.25) is 0 Å². The largest absolute Gasteiger partial charge is 0.383 e. The van der Waals surface area contributed by atoms with Crippen LogP contribution in [0, 0.1) is 12.8 Å². The molecule has 0 amide bonds. The van der Waals surface area contributed by atoms with Crippen molar-refractivity contribution in [1.29, 1.82) is 0 Å². The number of nitrogens with two attached hydrogens (primary N) is 1. The standard InChI is InChI=1S/C20H21N5O3S2/c1-10(2)9-30(27,28)20-24-25-17(21)15(18(26)23-19(25)29-20)8-13-12(4)22-16-6-5-11(3)7-14(13)16/h5-8,10H,9,21H2,1-4H3/b13-8-. The lowest BCUT2D eigenvalue weighted by Gasteiger charge is -2.05. The first-order valence-electron chi connectivity index (χ1n) is 9.37. The molecule has 30 heavy (non-hydrogen) atoms. The second-order valence-corrected chi connectivity index (χ2v) is 10.9. The molecule has 156 valence electrons. The van der Waals surface area contributed by atoms with Crippen LogP contribution < -0.4 is 11.3 Å². The molecule has 1 aliphatic heterocycles. The van der Waals surface area contributed by atoms with Gasteiger partial charge in [-0.25, -0.2) is 8.42 Å². The van der Waals surface area contributed by atoms with Crippen LogP contribution in [0.5, 0.6) is 0 Å². The number of nitrogens with zero attached hydrogens (tertiary/aromatic N) is 4. The maximum absolute atomic E-state index is 12.7. The first kappa shape index (κ1) is 20.4. The number of anilines is 1. The van der Waals surface area contributed by atoms with Crippen molar-refractivity contribution in [3.05, 3.63) is 45.2 Å². The number of aryl methyl sites for hydroxylation is 1. The minimum atomic E-state index is -3.59. The number of rotatable bonds is 4. The summed E-state index contributed by atoms with van der Waals surface area (Å²) >= 11 is 0.845. The van der Waals surface area contributed by atoms with Gasteiger partial charge < -0.3 is 5.73 Å². The summed E-state index contributed by atoms with van der Waals surface area (Å²) in [6.45, 7) is 7.47. The zero-order valence-electron chi connectivity index (χ0n) is 17.0. The molecule has 1 aliphatic rings. The summed E-state index contributed by atoms with van der Waals surface area (Å²) in [5.41, 5.74) is 10.2. The van der Waals surface area contributed by atoms with E-state index in [0.29, 0.717) is 0 Å². The van der Waals surface area contributed by atoms with E-state index in [1.807, 2.05) is 45.9 Å². The molecule has 0 unspecified atom stereocenters. The van der Waals surface area contributed by atoms with Crippen molar-refractivity contribution in [3.8, 4) is 0 Å². The number of nitrogen functional groups attached to an aromatic ring is 1. The Morgan fingerprint density at radius 1 is 1.27 bits per heavy atom. The van der Waals surface area contributed by atoms with Crippen LogP contribution in [0.25, 0.3) is 16.6 Å². The van der Waals surface area contributed by atoms with E-state index in [1.54, 1.807) is 6.08 Å². The second kappa shape index (κ2) is 7.13. The number of fused-ring (bicyclic) bond motifs is 2. The lowest BCUT2D eigenvalue weighted by Crippen LogP contribution is -2.17. The summed E-state index contributed by atoms with van der Waals surface area (Å²) < 4.78 is 26.2. The SMILES string of the molecule is CC1=Nc2ccc(C)cc2/C1=C\c1c(N)n2nc(S(=O)(=O)CC(C)C)sc2nc1=O. The topological polar surface area (TPSA) is 120 Å². The van der Waals surface area contributed by atoms with Gasteiger partial charge in [-0.3, -0.25) is 9.79 Å². The molecule has 10 heteroatoms. The predicted molar refractivity (Wildman–Crippen MR) is 120 cm³/mol. The first-order valence-corrected chi connectivity index (χ1v) is 11.8. The summed E-state index contributed by atoms with van der Waals surface area (Å²) in [4.78, 5) is 21.4. The molecule has 0 saturated carbocycles. The van der Waals surface area contributed by atoms with Crippen molar-refractivity contribution in [2.45, 2.75) is 32.0 Å². The molecule has 0 spiro atoms. The molecular weight excluding hydrogens is 422 g/mol. The van der Waals surface area contributed by atoms with Crippen molar-refractivity contribution in [1.82, 2.24) is 14.6 Å². The van der Waals surface area contributed by atoms with E-state index in [9.17, 15) is 13.2 Å². The Kier molecular flexibility index (Phi) is 4.86. The number of aliphatic imine (C=N–C) groups is 1. The Bertz CT molecular complexity index is 1410. The Hall–Kier alpha value is -2.85. The number of aromatic nitrogens is 3. The summed E-state index contributed by atoms with van der Waals surface area (Å²) in [5, 5.41) is 4.15. The average Bonchev–Trinajstić information content (AvgIpc) is 3.19. The van der Waals surface area contributed by atoms with Crippen molar-refractivity contribution in [3.63, 3.8) is 0 Å². The van der Waals surface area contributed by atoms with Crippen LogP contribution in [-0.2, 0) is 9.84 Å². The molecule has 0 radical (unpaired) electrons. The number of allylic oxidation sites excluding steroid dienone is 1. The Morgan fingerprint density at radius 2 is 2.00 bits per heavy atom. The highest BCUT2D eigenvalue weighted by Crippen LogP contribution is 2.36. The third-order valence-corrected chi connectivity index (χ3v) is 8.13.